The highest BCUT2D eigenvalue weighted by Crippen LogP contribution is 2.20. The second kappa shape index (κ2) is 5.01. The molecule has 0 bridgehead atoms. The number of primary amides is 1. The summed E-state index contributed by atoms with van der Waals surface area (Å²) in [7, 11) is 0.607. The topological polar surface area (TPSA) is 107 Å². The molecule has 21 heavy (non-hydrogen) atoms. The van der Waals surface area contributed by atoms with Gasteiger partial charge in [-0.1, -0.05) is 0 Å². The molecule has 2 N–H and O–H groups in total. The van der Waals surface area contributed by atoms with E-state index in [9.17, 15) is 18.0 Å². The molecule has 0 saturated carbocycles. The highest BCUT2D eigenvalue weighted by molar-refractivity contribution is 7.89. The minimum atomic E-state index is -3.84. The molecule has 0 aliphatic rings. The summed E-state index contributed by atoms with van der Waals surface area (Å²) in [6.07, 6.45) is 0. The third-order valence-electron chi connectivity index (χ3n) is 3.33. The van der Waals surface area contributed by atoms with E-state index in [4.69, 9.17) is 5.73 Å². The number of carbonyl (C=O) groups is 1. The van der Waals surface area contributed by atoms with Crippen LogP contribution in [-0.2, 0) is 28.9 Å². The molecule has 0 unspecified atom stereocenters. The number of aromatic nitrogens is 2. The van der Waals surface area contributed by atoms with Gasteiger partial charge in [-0.25, -0.2) is 13.2 Å². The van der Waals surface area contributed by atoms with Gasteiger partial charge in [-0.2, -0.15) is 4.31 Å². The fourth-order valence-corrected chi connectivity index (χ4v) is 3.29. The Balaban J connectivity index is 2.60. The van der Waals surface area contributed by atoms with Crippen LogP contribution in [0.1, 0.15) is 0 Å². The lowest BCUT2D eigenvalue weighted by molar-refractivity contribution is -0.118. The zero-order valence-corrected chi connectivity index (χ0v) is 12.7. The lowest BCUT2D eigenvalue weighted by Gasteiger charge is -2.15. The van der Waals surface area contributed by atoms with Gasteiger partial charge in [-0.15, -0.1) is 0 Å². The van der Waals surface area contributed by atoms with E-state index in [1.54, 1.807) is 20.2 Å². The monoisotopic (exact) mass is 312 g/mol. The van der Waals surface area contributed by atoms with Crippen LogP contribution in [0.3, 0.4) is 0 Å². The van der Waals surface area contributed by atoms with Crippen molar-refractivity contribution in [3.05, 3.63) is 28.7 Å². The summed E-state index contributed by atoms with van der Waals surface area (Å²) in [5.74, 6) is -0.741. The van der Waals surface area contributed by atoms with E-state index in [1.165, 1.54) is 28.3 Å². The van der Waals surface area contributed by atoms with E-state index in [0.717, 1.165) is 4.31 Å². The summed E-state index contributed by atoms with van der Waals surface area (Å²) in [4.78, 5) is 22.7. The van der Waals surface area contributed by atoms with Crippen molar-refractivity contribution < 1.29 is 13.2 Å². The van der Waals surface area contributed by atoms with Gasteiger partial charge in [-0.3, -0.25) is 13.9 Å². The molecular formula is C12H16N4O4S. The quantitative estimate of drug-likeness (QED) is 0.780. The van der Waals surface area contributed by atoms with Gasteiger partial charge in [0.15, 0.2) is 0 Å². The van der Waals surface area contributed by atoms with Crippen molar-refractivity contribution in [2.45, 2.75) is 4.90 Å². The van der Waals surface area contributed by atoms with Crippen LogP contribution >= 0.6 is 0 Å². The number of carbonyl (C=O) groups excluding carboxylic acids is 1. The Morgan fingerprint density at radius 1 is 1.24 bits per heavy atom. The zero-order valence-electron chi connectivity index (χ0n) is 11.9. The highest BCUT2D eigenvalue weighted by atomic mass is 32.2. The zero-order chi connectivity index (χ0) is 15.9. The smallest absolute Gasteiger partial charge is 0.328 e. The van der Waals surface area contributed by atoms with Gasteiger partial charge in [0.2, 0.25) is 15.9 Å². The molecule has 0 atom stereocenters. The second-order valence-corrected chi connectivity index (χ2v) is 6.82. The lowest BCUT2D eigenvalue weighted by atomic mass is 10.3. The van der Waals surface area contributed by atoms with Gasteiger partial charge in [0.05, 0.1) is 22.5 Å². The van der Waals surface area contributed by atoms with E-state index in [1.807, 2.05) is 0 Å². The maximum Gasteiger partial charge on any atom is 0.328 e. The number of likely N-dealkylation sites (N-methyl/N-ethyl adjacent to an activating group) is 1. The first-order chi connectivity index (χ1) is 9.66. The largest absolute Gasteiger partial charge is 0.369 e. The molecule has 2 rings (SSSR count). The molecular weight excluding hydrogens is 296 g/mol. The number of sulfonamides is 1. The number of fused-ring (bicyclic) bond motifs is 1. The van der Waals surface area contributed by atoms with Gasteiger partial charge >= 0.3 is 5.69 Å². The van der Waals surface area contributed by atoms with E-state index in [2.05, 4.69) is 0 Å². The Labute approximate surface area is 121 Å². The van der Waals surface area contributed by atoms with Gasteiger partial charge in [0.25, 0.3) is 0 Å². The Morgan fingerprint density at radius 3 is 2.38 bits per heavy atom. The van der Waals surface area contributed by atoms with Gasteiger partial charge in [0.1, 0.15) is 0 Å². The summed E-state index contributed by atoms with van der Waals surface area (Å²) in [5, 5.41) is 0. The van der Waals surface area contributed by atoms with Crippen LogP contribution in [0.15, 0.2) is 27.9 Å². The van der Waals surface area contributed by atoms with Crippen LogP contribution in [0, 0.1) is 0 Å². The lowest BCUT2D eigenvalue weighted by Crippen LogP contribution is -2.35. The first kappa shape index (κ1) is 15.3. The SMILES string of the molecule is CN(CC(N)=O)S(=O)(=O)c1ccc2c(c1)n(C)c(=O)n2C. The molecule has 0 spiro atoms. The van der Waals surface area contributed by atoms with Gasteiger partial charge in [-0.05, 0) is 18.2 Å². The standard InChI is InChI=1S/C12H16N4O4S/c1-14(7-11(13)17)21(19,20)8-4-5-9-10(6-8)16(3)12(18)15(9)2/h4-6H,7H2,1-3H3,(H2,13,17). The number of imidazole rings is 1. The predicted molar refractivity (Wildman–Crippen MR) is 77.2 cm³/mol. The van der Waals surface area contributed by atoms with Crippen LogP contribution in [0.5, 0.6) is 0 Å². The van der Waals surface area contributed by atoms with E-state index >= 15 is 0 Å². The molecule has 1 aromatic heterocycles. The third kappa shape index (κ3) is 2.45. The Morgan fingerprint density at radius 2 is 1.81 bits per heavy atom. The number of amides is 1. The maximum absolute atomic E-state index is 12.3. The number of rotatable bonds is 4. The molecule has 0 saturated heterocycles. The number of hydrogen-bond acceptors (Lipinski definition) is 4. The average Bonchev–Trinajstić information content (AvgIpc) is 2.63. The van der Waals surface area contributed by atoms with Crippen LogP contribution < -0.4 is 11.4 Å². The van der Waals surface area contributed by atoms with Crippen molar-refractivity contribution >= 4 is 27.0 Å². The third-order valence-corrected chi connectivity index (χ3v) is 5.13. The van der Waals surface area contributed by atoms with Gasteiger partial charge < -0.3 is 5.73 Å². The molecule has 2 aromatic rings. The van der Waals surface area contributed by atoms with E-state index in [-0.39, 0.29) is 10.6 Å². The Kier molecular flexibility index (Phi) is 3.64. The minimum Gasteiger partial charge on any atom is -0.369 e. The van der Waals surface area contributed by atoms with Crippen molar-refractivity contribution in [3.8, 4) is 0 Å². The molecule has 8 nitrogen and oxygen atoms in total. The van der Waals surface area contributed by atoms with Crippen molar-refractivity contribution in [1.29, 1.82) is 0 Å². The van der Waals surface area contributed by atoms with Crippen molar-refractivity contribution in [3.63, 3.8) is 0 Å². The fraction of sp³-hybridized carbons (Fsp3) is 0.333. The van der Waals surface area contributed by atoms with Crippen molar-refractivity contribution in [1.82, 2.24) is 13.4 Å². The predicted octanol–water partition coefficient (Wildman–Crippen LogP) is -1.02. The summed E-state index contributed by atoms with van der Waals surface area (Å²) < 4.78 is 28.3. The van der Waals surface area contributed by atoms with Gasteiger partial charge in [0, 0.05) is 21.1 Å². The molecule has 1 amide bonds. The maximum atomic E-state index is 12.3. The number of hydrogen-bond donors (Lipinski definition) is 1. The number of nitrogens with two attached hydrogens (primary N) is 1. The Bertz CT molecular complexity index is 879. The van der Waals surface area contributed by atoms with E-state index in [0.29, 0.717) is 11.0 Å². The number of nitrogens with zero attached hydrogens (tertiary/aromatic N) is 3. The summed E-state index contributed by atoms with van der Waals surface area (Å²) in [5.41, 5.74) is 5.89. The van der Waals surface area contributed by atoms with Crippen LogP contribution in [0.25, 0.3) is 11.0 Å². The fourth-order valence-electron chi connectivity index (χ4n) is 2.13. The first-order valence-electron chi connectivity index (χ1n) is 6.06. The van der Waals surface area contributed by atoms with E-state index < -0.39 is 22.5 Å². The molecule has 1 aromatic carbocycles. The molecule has 114 valence electrons. The minimum absolute atomic E-state index is 0.0000463. The van der Waals surface area contributed by atoms with Crippen molar-refractivity contribution in [2.24, 2.45) is 19.8 Å². The van der Waals surface area contributed by atoms with Crippen molar-refractivity contribution in [2.75, 3.05) is 13.6 Å². The number of aryl methyl sites for hydroxylation is 2. The average molecular weight is 312 g/mol. The second-order valence-electron chi connectivity index (χ2n) is 4.78. The van der Waals surface area contributed by atoms with Crippen LogP contribution in [0.2, 0.25) is 0 Å². The highest BCUT2D eigenvalue weighted by Gasteiger charge is 2.23. The number of benzene rings is 1. The molecule has 1 heterocycles. The van der Waals surface area contributed by atoms with Crippen LogP contribution in [0.4, 0.5) is 0 Å². The summed E-state index contributed by atoms with van der Waals surface area (Å²) in [6, 6.07) is 4.36. The first-order valence-corrected chi connectivity index (χ1v) is 7.50. The normalized spacial score (nSPS) is 12.2. The molecule has 0 fully saturated rings. The molecule has 0 aliphatic heterocycles. The summed E-state index contributed by atoms with van der Waals surface area (Å²) >= 11 is 0. The molecule has 9 heteroatoms. The van der Waals surface area contributed by atoms with Crippen LogP contribution in [-0.4, -0.2) is 41.4 Å². The Hall–Kier alpha value is -2.13. The summed E-state index contributed by atoms with van der Waals surface area (Å²) in [6.45, 7) is -0.409. The molecule has 0 aliphatic carbocycles. The molecule has 0 radical (unpaired) electrons.